The Bertz CT molecular complexity index is 2890. The van der Waals surface area contributed by atoms with Gasteiger partial charge in [-0.05, 0) is 112 Å². The summed E-state index contributed by atoms with van der Waals surface area (Å²) in [5.74, 6) is 0.931. The van der Waals surface area contributed by atoms with E-state index in [4.69, 9.17) is 5.73 Å². The summed E-state index contributed by atoms with van der Waals surface area (Å²) in [5.41, 5.74) is 21.9. The monoisotopic (exact) mass is 755 g/mol. The lowest BCUT2D eigenvalue weighted by molar-refractivity contribution is 0.963. The van der Waals surface area contributed by atoms with E-state index in [-0.39, 0.29) is 0 Å². The van der Waals surface area contributed by atoms with Crippen LogP contribution in [0.5, 0.6) is 0 Å². The molecule has 0 bridgehead atoms. The molecule has 0 unspecified atom stereocenters. The molecular weight excluding hydrogens is 711 g/mol. The maximum Gasteiger partial charge on any atom is 0.0541 e. The first kappa shape index (κ1) is 36.2. The first-order valence-corrected chi connectivity index (χ1v) is 20.9. The van der Waals surface area contributed by atoms with Crippen molar-refractivity contribution in [2.45, 2.75) is 32.4 Å². The van der Waals surface area contributed by atoms with E-state index < -0.39 is 0 Å². The van der Waals surface area contributed by atoms with Gasteiger partial charge < -0.3 is 15.2 Å². The Morgan fingerprint density at radius 3 is 2.21 bits per heavy atom. The number of benzene rings is 7. The molecule has 57 heavy (non-hydrogen) atoms. The molecule has 1 aromatic heterocycles. The van der Waals surface area contributed by atoms with E-state index in [2.05, 4.69) is 192 Å². The third-order valence-corrected chi connectivity index (χ3v) is 12.3. The lowest BCUT2D eigenvalue weighted by Crippen LogP contribution is -2.11. The van der Waals surface area contributed by atoms with Gasteiger partial charge in [0.15, 0.2) is 0 Å². The van der Waals surface area contributed by atoms with Crippen molar-refractivity contribution < 1.29 is 0 Å². The van der Waals surface area contributed by atoms with Crippen molar-refractivity contribution >= 4 is 67.0 Å². The molecule has 0 spiro atoms. The molecule has 10 rings (SSSR count). The van der Waals surface area contributed by atoms with Crippen LogP contribution in [0, 0.1) is 0 Å². The molecule has 3 nitrogen and oxygen atoms in total. The number of rotatable bonds is 6. The zero-order chi connectivity index (χ0) is 38.9. The number of aryl methyl sites for hydroxylation is 1. The summed E-state index contributed by atoms with van der Waals surface area (Å²) < 4.78 is 2.41. The molecule has 2 heterocycles. The van der Waals surface area contributed by atoms with Gasteiger partial charge in [-0.3, -0.25) is 0 Å². The molecular formula is C53H45N3S. The van der Waals surface area contributed by atoms with Gasteiger partial charge >= 0.3 is 0 Å². The summed E-state index contributed by atoms with van der Waals surface area (Å²) in [5, 5.41) is 4.88. The second-order valence-corrected chi connectivity index (χ2v) is 15.4. The SMILES string of the molecule is C=C1/C=C\C=C/N(c2ccccc2)c2ccc(-c3ccc4c(c3)c3ccccc3n4-c3ccc4c5c(ccc4c3)CCC(SCc3ccccc3)=C5N)cc21.CC. The minimum absolute atomic E-state index is 0.931. The Kier molecular flexibility index (Phi) is 9.88. The molecule has 0 radical (unpaired) electrons. The van der Waals surface area contributed by atoms with Gasteiger partial charge in [0, 0.05) is 55.8 Å². The second-order valence-electron chi connectivity index (χ2n) is 14.4. The van der Waals surface area contributed by atoms with Crippen molar-refractivity contribution in [3.05, 3.63) is 210 Å². The number of anilines is 2. The summed E-state index contributed by atoms with van der Waals surface area (Å²) in [6.07, 6.45) is 10.3. The van der Waals surface area contributed by atoms with Crippen LogP contribution in [0.2, 0.25) is 0 Å². The Morgan fingerprint density at radius 2 is 1.37 bits per heavy atom. The van der Waals surface area contributed by atoms with Crippen LogP contribution in [0.1, 0.15) is 42.5 Å². The van der Waals surface area contributed by atoms with Crippen molar-refractivity contribution in [1.82, 2.24) is 4.57 Å². The van der Waals surface area contributed by atoms with Crippen LogP contribution in [0.3, 0.4) is 0 Å². The summed E-state index contributed by atoms with van der Waals surface area (Å²) >= 11 is 1.88. The summed E-state index contributed by atoms with van der Waals surface area (Å²) in [7, 11) is 0. The van der Waals surface area contributed by atoms with E-state index in [1.54, 1.807) is 0 Å². The highest BCUT2D eigenvalue weighted by Crippen LogP contribution is 2.42. The molecule has 278 valence electrons. The van der Waals surface area contributed by atoms with Crippen LogP contribution in [-0.2, 0) is 12.2 Å². The van der Waals surface area contributed by atoms with Gasteiger partial charge in [-0.25, -0.2) is 0 Å². The van der Waals surface area contributed by atoms with Gasteiger partial charge in [-0.1, -0.05) is 130 Å². The number of nitrogens with two attached hydrogens (primary N) is 1. The van der Waals surface area contributed by atoms with Crippen molar-refractivity contribution in [3.63, 3.8) is 0 Å². The predicted molar refractivity (Wildman–Crippen MR) is 248 cm³/mol. The minimum Gasteiger partial charge on any atom is -0.398 e. The number of fused-ring (bicyclic) bond motifs is 7. The van der Waals surface area contributed by atoms with E-state index in [1.165, 1.54) is 59.7 Å². The van der Waals surface area contributed by atoms with Gasteiger partial charge in [0.1, 0.15) is 0 Å². The molecule has 7 aromatic carbocycles. The molecule has 4 heteroatoms. The molecule has 1 aliphatic carbocycles. The summed E-state index contributed by atoms with van der Waals surface area (Å²) in [6.45, 7) is 8.46. The average molecular weight is 756 g/mol. The van der Waals surface area contributed by atoms with Gasteiger partial charge in [-0.15, -0.1) is 11.8 Å². The smallest absolute Gasteiger partial charge is 0.0541 e. The van der Waals surface area contributed by atoms with E-state index >= 15 is 0 Å². The standard InChI is InChI=1S/C51H39N3S.C2H6/c1-34-12-10-11-29-53(40-15-6-3-7-16-40)46-26-21-37(31-44(34)46)38-22-27-48-45(32-38)43-17-8-9-18-47(43)54(48)41-24-25-42-39(30-41)20-19-36-23-28-49(51(52)50(36)42)55-33-35-13-4-2-5-14-35;1-2/h2-22,24-27,29-32H,1,23,28,33,52H2;1-2H3/b12-10-,29-11-;. The zero-order valence-corrected chi connectivity index (χ0v) is 33.3. The van der Waals surface area contributed by atoms with Crippen LogP contribution in [0.15, 0.2) is 188 Å². The Labute approximate surface area is 339 Å². The van der Waals surface area contributed by atoms with E-state index in [0.29, 0.717) is 0 Å². The van der Waals surface area contributed by atoms with Crippen LogP contribution in [0.4, 0.5) is 11.4 Å². The number of hydrogen-bond acceptors (Lipinski definition) is 3. The van der Waals surface area contributed by atoms with Crippen molar-refractivity contribution in [2.24, 2.45) is 5.73 Å². The molecule has 0 saturated carbocycles. The Balaban J connectivity index is 0.00000208. The van der Waals surface area contributed by atoms with Crippen LogP contribution < -0.4 is 10.6 Å². The molecule has 0 atom stereocenters. The maximum atomic E-state index is 7.00. The molecule has 0 saturated heterocycles. The highest BCUT2D eigenvalue weighted by Gasteiger charge is 2.21. The number of thioether (sulfide) groups is 1. The molecule has 0 amide bonds. The number of aromatic nitrogens is 1. The fraction of sp³-hybridized carbons (Fsp3) is 0.0943. The van der Waals surface area contributed by atoms with Gasteiger partial charge in [0.05, 0.1) is 16.7 Å². The van der Waals surface area contributed by atoms with Crippen LogP contribution in [0.25, 0.3) is 60.7 Å². The predicted octanol–water partition coefficient (Wildman–Crippen LogP) is 14.4. The van der Waals surface area contributed by atoms with E-state index in [1.807, 2.05) is 25.6 Å². The largest absolute Gasteiger partial charge is 0.398 e. The highest BCUT2D eigenvalue weighted by atomic mass is 32.2. The number of allylic oxidation sites excluding steroid dienone is 5. The normalized spacial score (nSPS) is 14.8. The zero-order valence-electron chi connectivity index (χ0n) is 32.5. The van der Waals surface area contributed by atoms with E-state index in [0.717, 1.165) is 58.1 Å². The fourth-order valence-electron chi connectivity index (χ4n) is 8.35. The van der Waals surface area contributed by atoms with Crippen molar-refractivity contribution in [1.29, 1.82) is 0 Å². The maximum absolute atomic E-state index is 7.00. The topological polar surface area (TPSA) is 34.2 Å². The number of nitrogens with zero attached hydrogens (tertiary/aromatic N) is 2. The van der Waals surface area contributed by atoms with Crippen molar-refractivity contribution in [3.8, 4) is 16.8 Å². The fourth-order valence-corrected chi connectivity index (χ4v) is 9.39. The molecule has 2 aliphatic rings. The summed E-state index contributed by atoms with van der Waals surface area (Å²) in [6, 6.07) is 55.0. The molecule has 2 N–H and O–H groups in total. The van der Waals surface area contributed by atoms with Gasteiger partial charge in [-0.2, -0.15) is 0 Å². The average Bonchev–Trinajstić information content (AvgIpc) is 3.60. The lowest BCUT2D eigenvalue weighted by atomic mass is 9.90. The van der Waals surface area contributed by atoms with E-state index in [9.17, 15) is 0 Å². The summed E-state index contributed by atoms with van der Waals surface area (Å²) in [4.78, 5) is 3.53. The molecule has 1 aliphatic heterocycles. The lowest BCUT2D eigenvalue weighted by Gasteiger charge is -2.25. The van der Waals surface area contributed by atoms with Crippen LogP contribution >= 0.6 is 11.8 Å². The Morgan fingerprint density at radius 1 is 0.632 bits per heavy atom. The molecule has 8 aromatic rings. The first-order chi connectivity index (χ1) is 28.1. The number of para-hydroxylation sites is 2. The Hall–Kier alpha value is -6.49. The highest BCUT2D eigenvalue weighted by molar-refractivity contribution is 8.02. The van der Waals surface area contributed by atoms with Crippen molar-refractivity contribution in [2.75, 3.05) is 4.90 Å². The third-order valence-electron chi connectivity index (χ3n) is 11.1. The minimum atomic E-state index is 0.931. The quantitative estimate of drug-likeness (QED) is 0.183. The van der Waals surface area contributed by atoms with Gasteiger partial charge in [0.25, 0.3) is 0 Å². The van der Waals surface area contributed by atoms with Gasteiger partial charge in [0.2, 0.25) is 0 Å². The van der Waals surface area contributed by atoms with Crippen LogP contribution in [-0.4, -0.2) is 4.57 Å². The third kappa shape index (κ3) is 6.66. The second kappa shape index (κ2) is 15.6. The number of hydrogen-bond donors (Lipinski definition) is 1. The first-order valence-electron chi connectivity index (χ1n) is 19.9. The molecule has 0 fully saturated rings.